The fourth-order valence-corrected chi connectivity index (χ4v) is 1.50. The van der Waals surface area contributed by atoms with Crippen LogP contribution in [0, 0.1) is 0 Å². The molecule has 3 nitrogen and oxygen atoms in total. The van der Waals surface area contributed by atoms with E-state index in [-0.39, 0.29) is 5.97 Å². The van der Waals surface area contributed by atoms with E-state index in [9.17, 15) is 4.79 Å². The lowest BCUT2D eigenvalue weighted by atomic mass is 10.1. The number of nitrogens with one attached hydrogen (secondary N) is 1. The van der Waals surface area contributed by atoms with Crippen molar-refractivity contribution in [3.8, 4) is 0 Å². The summed E-state index contributed by atoms with van der Waals surface area (Å²) in [7, 11) is 1.38. The molecule has 0 fully saturated rings. The molecule has 0 saturated heterocycles. The molecule has 0 radical (unpaired) electrons. The summed E-state index contributed by atoms with van der Waals surface area (Å²) in [4.78, 5) is 11.5. The van der Waals surface area contributed by atoms with Crippen LogP contribution in [0.5, 0.6) is 0 Å². The van der Waals surface area contributed by atoms with E-state index in [0.717, 1.165) is 11.3 Å². The summed E-state index contributed by atoms with van der Waals surface area (Å²) in [5.74, 6) is -0.331. The second kappa shape index (κ2) is 4.00. The first-order valence-corrected chi connectivity index (χ1v) is 4.64. The number of ether oxygens (including phenoxy) is 1. The summed E-state index contributed by atoms with van der Waals surface area (Å²) >= 11 is 0. The Morgan fingerprint density at radius 2 is 2.20 bits per heavy atom. The summed E-state index contributed by atoms with van der Waals surface area (Å²) in [6.07, 6.45) is 7.52. The maximum atomic E-state index is 11.5. The minimum Gasteiger partial charge on any atom is -0.465 e. The van der Waals surface area contributed by atoms with Gasteiger partial charge in [-0.2, -0.15) is 0 Å². The molecule has 0 aromatic heterocycles. The number of para-hydroxylation sites is 1. The van der Waals surface area contributed by atoms with E-state index in [2.05, 4.69) is 5.32 Å². The third-order valence-corrected chi connectivity index (χ3v) is 2.21. The Hall–Kier alpha value is -2.03. The fraction of sp³-hybridized carbons (Fsp3) is 0.0833. The predicted octanol–water partition coefficient (Wildman–Crippen LogP) is 2.43. The minimum absolute atomic E-state index is 0.331. The van der Waals surface area contributed by atoms with Gasteiger partial charge in [-0.05, 0) is 17.7 Å². The van der Waals surface area contributed by atoms with Gasteiger partial charge >= 0.3 is 5.97 Å². The summed E-state index contributed by atoms with van der Waals surface area (Å²) in [6.45, 7) is 0. The Bertz CT molecular complexity index is 447. The topological polar surface area (TPSA) is 38.3 Å². The third kappa shape index (κ3) is 1.76. The first-order chi connectivity index (χ1) is 7.33. The Morgan fingerprint density at radius 1 is 1.33 bits per heavy atom. The van der Waals surface area contributed by atoms with Crippen molar-refractivity contribution in [2.45, 2.75) is 0 Å². The number of allylic oxidation sites excluding steroid dienone is 2. The minimum atomic E-state index is -0.331. The van der Waals surface area contributed by atoms with Crippen LogP contribution in [0.4, 0.5) is 5.69 Å². The van der Waals surface area contributed by atoms with Gasteiger partial charge in [-0.1, -0.05) is 24.3 Å². The molecule has 1 aliphatic rings. The number of fused-ring (bicyclic) bond motifs is 1. The van der Waals surface area contributed by atoms with Crippen molar-refractivity contribution in [3.05, 3.63) is 47.7 Å². The first kappa shape index (κ1) is 9.52. The molecular weight excluding hydrogens is 190 g/mol. The summed E-state index contributed by atoms with van der Waals surface area (Å²) in [6, 6.07) is 5.52. The standard InChI is InChI=1S/C12H11NO2/c1-15-12(14)10-7-4-6-9-5-2-3-8-13-11(9)10/h2-8,13H,1H3. The zero-order valence-electron chi connectivity index (χ0n) is 8.36. The molecule has 0 atom stereocenters. The van der Waals surface area contributed by atoms with Crippen LogP contribution in [-0.4, -0.2) is 13.1 Å². The second-order valence-corrected chi connectivity index (χ2v) is 3.12. The third-order valence-electron chi connectivity index (χ3n) is 2.21. The number of rotatable bonds is 1. The van der Waals surface area contributed by atoms with Gasteiger partial charge in [0.15, 0.2) is 0 Å². The van der Waals surface area contributed by atoms with E-state index in [1.54, 1.807) is 12.3 Å². The molecule has 1 aromatic carbocycles. The van der Waals surface area contributed by atoms with Crippen molar-refractivity contribution in [1.82, 2.24) is 0 Å². The molecule has 1 aliphatic heterocycles. The maximum Gasteiger partial charge on any atom is 0.339 e. The number of esters is 1. The van der Waals surface area contributed by atoms with Crippen LogP contribution in [0.25, 0.3) is 6.08 Å². The highest BCUT2D eigenvalue weighted by atomic mass is 16.5. The summed E-state index contributed by atoms with van der Waals surface area (Å²) in [5, 5.41) is 3.07. The van der Waals surface area contributed by atoms with Crippen LogP contribution >= 0.6 is 0 Å². The number of hydrogen-bond acceptors (Lipinski definition) is 3. The normalized spacial score (nSPS) is 12.6. The van der Waals surface area contributed by atoms with Crippen LogP contribution in [0.1, 0.15) is 15.9 Å². The lowest BCUT2D eigenvalue weighted by molar-refractivity contribution is 0.0602. The predicted molar refractivity (Wildman–Crippen MR) is 59.6 cm³/mol. The van der Waals surface area contributed by atoms with Gasteiger partial charge in [0, 0.05) is 6.20 Å². The highest BCUT2D eigenvalue weighted by molar-refractivity contribution is 5.98. The van der Waals surface area contributed by atoms with Gasteiger partial charge in [-0.25, -0.2) is 4.79 Å². The van der Waals surface area contributed by atoms with E-state index in [4.69, 9.17) is 4.74 Å². The van der Waals surface area contributed by atoms with Gasteiger partial charge in [-0.15, -0.1) is 0 Å². The molecule has 76 valence electrons. The van der Waals surface area contributed by atoms with Crippen molar-refractivity contribution in [1.29, 1.82) is 0 Å². The Morgan fingerprint density at radius 3 is 3.00 bits per heavy atom. The lowest BCUT2D eigenvalue weighted by Crippen LogP contribution is -2.06. The van der Waals surface area contributed by atoms with Gasteiger partial charge < -0.3 is 10.1 Å². The van der Waals surface area contributed by atoms with E-state index in [1.807, 2.05) is 30.4 Å². The summed E-state index contributed by atoms with van der Waals surface area (Å²) in [5.41, 5.74) is 2.31. The number of methoxy groups -OCH3 is 1. The first-order valence-electron chi connectivity index (χ1n) is 4.64. The molecule has 3 heteroatoms. The quantitative estimate of drug-likeness (QED) is 0.709. The second-order valence-electron chi connectivity index (χ2n) is 3.12. The smallest absolute Gasteiger partial charge is 0.339 e. The van der Waals surface area contributed by atoms with Gasteiger partial charge in [0.2, 0.25) is 0 Å². The van der Waals surface area contributed by atoms with Gasteiger partial charge in [0.25, 0.3) is 0 Å². The van der Waals surface area contributed by atoms with Crippen LogP contribution in [-0.2, 0) is 4.74 Å². The number of anilines is 1. The number of hydrogen-bond donors (Lipinski definition) is 1. The summed E-state index contributed by atoms with van der Waals surface area (Å²) < 4.78 is 4.72. The van der Waals surface area contributed by atoms with E-state index in [1.165, 1.54) is 7.11 Å². The van der Waals surface area contributed by atoms with Crippen LogP contribution < -0.4 is 5.32 Å². The number of benzene rings is 1. The molecule has 0 amide bonds. The molecule has 0 saturated carbocycles. The molecular formula is C12H11NO2. The highest BCUT2D eigenvalue weighted by Crippen LogP contribution is 2.24. The van der Waals surface area contributed by atoms with E-state index in [0.29, 0.717) is 5.56 Å². The average molecular weight is 201 g/mol. The Labute approximate surface area is 88.1 Å². The molecule has 0 aliphatic carbocycles. The molecule has 0 bridgehead atoms. The molecule has 1 aromatic rings. The van der Waals surface area contributed by atoms with Crippen LogP contribution in [0.15, 0.2) is 36.6 Å². The van der Waals surface area contributed by atoms with Gasteiger partial charge in [-0.3, -0.25) is 0 Å². The number of carbonyl (C=O) groups is 1. The Kier molecular flexibility index (Phi) is 2.54. The largest absolute Gasteiger partial charge is 0.465 e. The van der Waals surface area contributed by atoms with Crippen LogP contribution in [0.3, 0.4) is 0 Å². The van der Waals surface area contributed by atoms with E-state index < -0.39 is 0 Å². The molecule has 0 spiro atoms. The van der Waals surface area contributed by atoms with E-state index >= 15 is 0 Å². The molecule has 1 heterocycles. The zero-order valence-corrected chi connectivity index (χ0v) is 8.36. The monoisotopic (exact) mass is 201 g/mol. The highest BCUT2D eigenvalue weighted by Gasteiger charge is 2.13. The van der Waals surface area contributed by atoms with Crippen LogP contribution in [0.2, 0.25) is 0 Å². The van der Waals surface area contributed by atoms with Gasteiger partial charge in [0.05, 0.1) is 18.4 Å². The van der Waals surface area contributed by atoms with Crippen molar-refractivity contribution < 1.29 is 9.53 Å². The number of carbonyl (C=O) groups excluding carboxylic acids is 1. The van der Waals surface area contributed by atoms with Crippen molar-refractivity contribution >= 4 is 17.7 Å². The fourth-order valence-electron chi connectivity index (χ4n) is 1.50. The molecule has 2 rings (SSSR count). The molecule has 1 N–H and O–H groups in total. The average Bonchev–Trinajstić information content (AvgIpc) is 2.52. The Balaban J connectivity index is 2.54. The SMILES string of the molecule is COC(=O)c1cccc2c1NC=CC=C2. The van der Waals surface area contributed by atoms with Gasteiger partial charge in [0.1, 0.15) is 0 Å². The van der Waals surface area contributed by atoms with Crippen molar-refractivity contribution in [2.75, 3.05) is 12.4 Å². The lowest BCUT2D eigenvalue weighted by Gasteiger charge is -2.09. The maximum absolute atomic E-state index is 11.5. The van der Waals surface area contributed by atoms with Crippen molar-refractivity contribution in [3.63, 3.8) is 0 Å². The molecule has 0 unspecified atom stereocenters. The van der Waals surface area contributed by atoms with Crippen molar-refractivity contribution in [2.24, 2.45) is 0 Å². The zero-order chi connectivity index (χ0) is 10.7. The molecule has 15 heavy (non-hydrogen) atoms.